The van der Waals surface area contributed by atoms with Gasteiger partial charge in [-0.3, -0.25) is 0 Å². The molecule has 2 N–H and O–H groups in total. The second-order valence-corrected chi connectivity index (χ2v) is 5.85. The lowest BCUT2D eigenvalue weighted by Gasteiger charge is -2.15. The van der Waals surface area contributed by atoms with Crippen LogP contribution in [-0.2, 0) is 6.42 Å². The molecule has 3 rings (SSSR count). The summed E-state index contributed by atoms with van der Waals surface area (Å²) in [6.07, 6.45) is 5.17. The van der Waals surface area contributed by atoms with E-state index in [1.54, 1.807) is 0 Å². The summed E-state index contributed by atoms with van der Waals surface area (Å²) in [5.74, 6) is 0. The summed E-state index contributed by atoms with van der Waals surface area (Å²) in [4.78, 5) is 0. The van der Waals surface area contributed by atoms with Crippen molar-refractivity contribution in [3.63, 3.8) is 0 Å². The Bertz CT molecular complexity index is 639. The fourth-order valence-electron chi connectivity index (χ4n) is 2.68. The van der Waals surface area contributed by atoms with Gasteiger partial charge in [0.15, 0.2) is 0 Å². The molecule has 0 unspecified atom stereocenters. The predicted molar refractivity (Wildman–Crippen MR) is 88.7 cm³/mol. The van der Waals surface area contributed by atoms with Gasteiger partial charge in [-0.15, -0.1) is 0 Å². The molecule has 0 radical (unpaired) electrons. The van der Waals surface area contributed by atoms with Crippen LogP contribution in [0, 0.1) is 0 Å². The summed E-state index contributed by atoms with van der Waals surface area (Å²) in [5.41, 5.74) is 3.29. The molecule has 0 saturated heterocycles. The summed E-state index contributed by atoms with van der Waals surface area (Å²) < 4.78 is 0. The third kappa shape index (κ3) is 3.66. The maximum atomic E-state index is 10.2. The van der Waals surface area contributed by atoms with Crippen LogP contribution in [-0.4, -0.2) is 17.3 Å². The van der Waals surface area contributed by atoms with E-state index in [0.29, 0.717) is 17.9 Å². The standard InChI is InChI=1S/C18H18ClNO/c19-15-7-9-18-14(10-15)11-17(21)12-16(20-18)8-6-13-4-2-1-3-5-13/h1-10,16-17,20-21H,11-12H2/b8-6+/t16-,17-/m1/s1. The van der Waals surface area contributed by atoms with Gasteiger partial charge in [0.2, 0.25) is 0 Å². The van der Waals surface area contributed by atoms with E-state index in [1.165, 1.54) is 0 Å². The number of hydrogen-bond acceptors (Lipinski definition) is 2. The SMILES string of the molecule is O[C@@H]1Cc2cc(Cl)ccc2N[C@H](/C=C/c2ccccc2)C1. The van der Waals surface area contributed by atoms with Gasteiger partial charge in [-0.25, -0.2) is 0 Å². The number of hydrogen-bond donors (Lipinski definition) is 2. The van der Waals surface area contributed by atoms with Crippen LogP contribution in [0.2, 0.25) is 5.02 Å². The number of nitrogens with one attached hydrogen (secondary N) is 1. The third-order valence-corrected chi connectivity index (χ3v) is 3.95. The molecule has 2 aromatic rings. The molecule has 1 heterocycles. The summed E-state index contributed by atoms with van der Waals surface area (Å²) in [6.45, 7) is 0. The second-order valence-electron chi connectivity index (χ2n) is 5.42. The molecule has 2 aromatic carbocycles. The Morgan fingerprint density at radius 3 is 2.76 bits per heavy atom. The number of fused-ring (bicyclic) bond motifs is 1. The molecule has 2 atom stereocenters. The monoisotopic (exact) mass is 299 g/mol. The van der Waals surface area contributed by atoms with Gasteiger partial charge in [-0.1, -0.05) is 54.1 Å². The van der Waals surface area contributed by atoms with Crippen molar-refractivity contribution in [1.29, 1.82) is 0 Å². The number of aliphatic hydroxyl groups excluding tert-OH is 1. The van der Waals surface area contributed by atoms with E-state index in [4.69, 9.17) is 11.6 Å². The Morgan fingerprint density at radius 1 is 1.14 bits per heavy atom. The summed E-state index contributed by atoms with van der Waals surface area (Å²) in [6, 6.07) is 16.1. The van der Waals surface area contributed by atoms with Crippen LogP contribution in [0.4, 0.5) is 5.69 Å². The van der Waals surface area contributed by atoms with Crippen molar-refractivity contribution in [2.24, 2.45) is 0 Å². The first kappa shape index (κ1) is 14.2. The van der Waals surface area contributed by atoms with Crippen molar-refractivity contribution in [1.82, 2.24) is 0 Å². The molecule has 3 heteroatoms. The molecule has 0 amide bonds. The summed E-state index contributed by atoms with van der Waals surface area (Å²) in [7, 11) is 0. The van der Waals surface area contributed by atoms with Crippen LogP contribution in [0.3, 0.4) is 0 Å². The van der Waals surface area contributed by atoms with E-state index >= 15 is 0 Å². The highest BCUT2D eigenvalue weighted by molar-refractivity contribution is 6.30. The van der Waals surface area contributed by atoms with Crippen LogP contribution in [0.25, 0.3) is 6.08 Å². The smallest absolute Gasteiger partial charge is 0.0604 e. The van der Waals surface area contributed by atoms with Gasteiger partial charge in [0.05, 0.1) is 6.10 Å². The lowest BCUT2D eigenvalue weighted by Crippen LogP contribution is -2.21. The van der Waals surface area contributed by atoms with Gasteiger partial charge in [0.1, 0.15) is 0 Å². The predicted octanol–water partition coefficient (Wildman–Crippen LogP) is 4.14. The van der Waals surface area contributed by atoms with Crippen LogP contribution >= 0.6 is 11.6 Å². The first-order valence-corrected chi connectivity index (χ1v) is 7.55. The molecule has 21 heavy (non-hydrogen) atoms. The zero-order valence-corrected chi connectivity index (χ0v) is 12.4. The molecular formula is C18H18ClNO. The Hall–Kier alpha value is -1.77. The van der Waals surface area contributed by atoms with Crippen molar-refractivity contribution in [3.05, 3.63) is 70.8 Å². The zero-order chi connectivity index (χ0) is 14.7. The number of benzene rings is 2. The number of rotatable bonds is 2. The number of aliphatic hydroxyl groups is 1. The molecule has 0 bridgehead atoms. The molecule has 0 aromatic heterocycles. The summed E-state index contributed by atoms with van der Waals surface area (Å²) >= 11 is 6.03. The largest absolute Gasteiger partial charge is 0.393 e. The maximum Gasteiger partial charge on any atom is 0.0604 e. The van der Waals surface area contributed by atoms with E-state index in [1.807, 2.05) is 36.4 Å². The van der Waals surface area contributed by atoms with Crippen molar-refractivity contribution in [2.75, 3.05) is 5.32 Å². The summed E-state index contributed by atoms with van der Waals surface area (Å²) in [5, 5.41) is 14.4. The first-order chi connectivity index (χ1) is 10.2. The van der Waals surface area contributed by atoms with Gasteiger partial charge < -0.3 is 10.4 Å². The van der Waals surface area contributed by atoms with Crippen LogP contribution in [0.1, 0.15) is 17.5 Å². The highest BCUT2D eigenvalue weighted by Gasteiger charge is 2.20. The molecule has 1 aliphatic heterocycles. The Kier molecular flexibility index (Phi) is 4.28. The van der Waals surface area contributed by atoms with Gasteiger partial charge in [-0.05, 0) is 35.7 Å². The van der Waals surface area contributed by atoms with E-state index in [0.717, 1.165) is 16.8 Å². The van der Waals surface area contributed by atoms with Crippen molar-refractivity contribution >= 4 is 23.4 Å². The average molecular weight is 300 g/mol. The minimum absolute atomic E-state index is 0.114. The van der Waals surface area contributed by atoms with Gasteiger partial charge in [0.25, 0.3) is 0 Å². The van der Waals surface area contributed by atoms with E-state index in [2.05, 4.69) is 29.6 Å². The van der Waals surface area contributed by atoms with E-state index in [-0.39, 0.29) is 12.1 Å². The normalized spacial score (nSPS) is 21.6. The molecule has 1 aliphatic rings. The first-order valence-electron chi connectivity index (χ1n) is 7.17. The van der Waals surface area contributed by atoms with E-state index < -0.39 is 0 Å². The molecule has 108 valence electrons. The average Bonchev–Trinajstić information content (AvgIpc) is 2.63. The second kappa shape index (κ2) is 6.33. The Balaban J connectivity index is 1.81. The fourth-order valence-corrected chi connectivity index (χ4v) is 2.87. The third-order valence-electron chi connectivity index (χ3n) is 3.71. The topological polar surface area (TPSA) is 32.3 Å². The molecule has 0 spiro atoms. The quantitative estimate of drug-likeness (QED) is 0.873. The number of anilines is 1. The Labute approximate surface area is 130 Å². The number of halogens is 1. The molecule has 0 saturated carbocycles. The van der Waals surface area contributed by atoms with Gasteiger partial charge in [-0.2, -0.15) is 0 Å². The van der Waals surface area contributed by atoms with Gasteiger partial charge >= 0.3 is 0 Å². The zero-order valence-electron chi connectivity index (χ0n) is 11.7. The molecule has 2 nitrogen and oxygen atoms in total. The molecular weight excluding hydrogens is 282 g/mol. The highest BCUT2D eigenvalue weighted by Crippen LogP contribution is 2.27. The lowest BCUT2D eigenvalue weighted by molar-refractivity contribution is 0.165. The minimum Gasteiger partial charge on any atom is -0.393 e. The Morgan fingerprint density at radius 2 is 1.95 bits per heavy atom. The molecule has 0 aliphatic carbocycles. The fraction of sp³-hybridized carbons (Fsp3) is 0.222. The highest BCUT2D eigenvalue weighted by atomic mass is 35.5. The van der Waals surface area contributed by atoms with E-state index in [9.17, 15) is 5.11 Å². The molecule has 0 fully saturated rings. The van der Waals surface area contributed by atoms with Crippen LogP contribution in [0.15, 0.2) is 54.6 Å². The maximum absolute atomic E-state index is 10.2. The van der Waals surface area contributed by atoms with Crippen LogP contribution < -0.4 is 5.32 Å². The van der Waals surface area contributed by atoms with Crippen LogP contribution in [0.5, 0.6) is 0 Å². The van der Waals surface area contributed by atoms with Crippen molar-refractivity contribution in [3.8, 4) is 0 Å². The lowest BCUT2D eigenvalue weighted by atomic mass is 10.0. The van der Waals surface area contributed by atoms with Crippen molar-refractivity contribution < 1.29 is 5.11 Å². The van der Waals surface area contributed by atoms with Gasteiger partial charge in [0, 0.05) is 23.2 Å². The minimum atomic E-state index is -0.359. The van der Waals surface area contributed by atoms with Crippen molar-refractivity contribution in [2.45, 2.75) is 25.0 Å².